The number of allylic oxidation sites excluding steroid dienone is 1. The molecule has 9 nitrogen and oxygen atoms in total. The minimum atomic E-state index is -0.541. The third-order valence-electron chi connectivity index (χ3n) is 6.03. The molecule has 2 aromatic heterocycles. The number of carbonyl (C=O) groups excluding carboxylic acids is 2. The summed E-state index contributed by atoms with van der Waals surface area (Å²) >= 11 is 8.61. The number of anilines is 1. The average molecular weight is 613 g/mol. The van der Waals surface area contributed by atoms with Gasteiger partial charge in [0.15, 0.2) is 17.1 Å². The molecule has 1 unspecified atom stereocenters. The van der Waals surface area contributed by atoms with Crippen molar-refractivity contribution in [1.82, 2.24) is 14.8 Å². The molecular formula is C29H29ClN4O5S2. The quantitative estimate of drug-likeness (QED) is 0.106. The SMILES string of the molecule is C=CCn1c(SCC(=O)Nc2scc(-c3ccc(OC)cc3)c2C(=O)OC)nnc1C(C)Oc1ccc(Cl)c(C)c1. The summed E-state index contributed by atoms with van der Waals surface area (Å²) in [5, 5.41) is 14.9. The highest BCUT2D eigenvalue weighted by molar-refractivity contribution is 7.99. The summed E-state index contributed by atoms with van der Waals surface area (Å²) in [6.45, 7) is 8.05. The Morgan fingerprint density at radius 3 is 2.56 bits per heavy atom. The minimum absolute atomic E-state index is 0.0390. The van der Waals surface area contributed by atoms with Crippen LogP contribution in [0.4, 0.5) is 5.00 Å². The lowest BCUT2D eigenvalue weighted by Gasteiger charge is -2.16. The molecule has 0 saturated heterocycles. The number of hydrogen-bond donors (Lipinski definition) is 1. The van der Waals surface area contributed by atoms with E-state index in [0.717, 1.165) is 11.1 Å². The summed E-state index contributed by atoms with van der Waals surface area (Å²) in [6, 6.07) is 12.7. The van der Waals surface area contributed by atoms with Crippen molar-refractivity contribution in [1.29, 1.82) is 0 Å². The summed E-state index contributed by atoms with van der Waals surface area (Å²) in [5.74, 6) is 1.14. The Hall–Kier alpha value is -3.80. The lowest BCUT2D eigenvalue weighted by Crippen LogP contribution is -2.17. The van der Waals surface area contributed by atoms with Crippen LogP contribution in [0.15, 0.2) is 65.7 Å². The minimum Gasteiger partial charge on any atom is -0.497 e. The Balaban J connectivity index is 1.47. The molecule has 0 saturated carbocycles. The van der Waals surface area contributed by atoms with Gasteiger partial charge in [0.05, 0.1) is 20.0 Å². The molecule has 0 bridgehead atoms. The number of ether oxygens (including phenoxy) is 3. The van der Waals surface area contributed by atoms with E-state index in [1.807, 2.05) is 42.0 Å². The first-order chi connectivity index (χ1) is 19.7. The van der Waals surface area contributed by atoms with Gasteiger partial charge in [-0.2, -0.15) is 0 Å². The van der Waals surface area contributed by atoms with Gasteiger partial charge in [0.1, 0.15) is 22.1 Å². The van der Waals surface area contributed by atoms with E-state index in [0.29, 0.717) is 50.2 Å². The van der Waals surface area contributed by atoms with Crippen molar-refractivity contribution in [3.63, 3.8) is 0 Å². The van der Waals surface area contributed by atoms with Gasteiger partial charge in [0.25, 0.3) is 0 Å². The van der Waals surface area contributed by atoms with Gasteiger partial charge >= 0.3 is 5.97 Å². The fourth-order valence-electron chi connectivity index (χ4n) is 3.99. The van der Waals surface area contributed by atoms with E-state index in [9.17, 15) is 9.59 Å². The van der Waals surface area contributed by atoms with Crippen molar-refractivity contribution in [2.75, 3.05) is 25.3 Å². The highest BCUT2D eigenvalue weighted by Gasteiger charge is 2.24. The van der Waals surface area contributed by atoms with Gasteiger partial charge in [-0.1, -0.05) is 41.6 Å². The molecular weight excluding hydrogens is 584 g/mol. The van der Waals surface area contributed by atoms with E-state index >= 15 is 0 Å². The van der Waals surface area contributed by atoms with Crippen LogP contribution in [-0.4, -0.2) is 46.6 Å². The van der Waals surface area contributed by atoms with Gasteiger partial charge in [-0.15, -0.1) is 28.1 Å². The second-order valence-electron chi connectivity index (χ2n) is 8.82. The van der Waals surface area contributed by atoms with E-state index in [1.165, 1.54) is 30.2 Å². The predicted octanol–water partition coefficient (Wildman–Crippen LogP) is 6.82. The molecule has 2 aromatic carbocycles. The van der Waals surface area contributed by atoms with Gasteiger partial charge in [-0.05, 0) is 55.3 Å². The number of thiophene rings is 1. The average Bonchev–Trinajstić information content (AvgIpc) is 3.58. The summed E-state index contributed by atoms with van der Waals surface area (Å²) < 4.78 is 18.2. The summed E-state index contributed by atoms with van der Waals surface area (Å²) in [4.78, 5) is 25.7. The number of thioether (sulfide) groups is 1. The number of benzene rings is 2. The van der Waals surface area contributed by atoms with Crippen LogP contribution in [0.25, 0.3) is 11.1 Å². The molecule has 0 aliphatic rings. The molecule has 4 aromatic rings. The number of nitrogens with one attached hydrogen (secondary N) is 1. The second-order valence-corrected chi connectivity index (χ2v) is 11.1. The van der Waals surface area contributed by atoms with Crippen molar-refractivity contribution in [3.05, 3.63) is 82.5 Å². The molecule has 0 fully saturated rings. The van der Waals surface area contributed by atoms with Crippen LogP contribution >= 0.6 is 34.7 Å². The molecule has 1 N–H and O–H groups in total. The number of halogens is 1. The van der Waals surface area contributed by atoms with Gasteiger partial charge in [-0.3, -0.25) is 9.36 Å². The van der Waals surface area contributed by atoms with Gasteiger partial charge in [-0.25, -0.2) is 4.79 Å². The fraction of sp³-hybridized carbons (Fsp3) is 0.241. The maximum absolute atomic E-state index is 13.0. The van der Waals surface area contributed by atoms with E-state index in [-0.39, 0.29) is 11.7 Å². The number of nitrogens with zero attached hydrogens (tertiary/aromatic N) is 3. The molecule has 0 radical (unpaired) electrons. The predicted molar refractivity (Wildman–Crippen MR) is 162 cm³/mol. The van der Waals surface area contributed by atoms with Crippen LogP contribution < -0.4 is 14.8 Å². The first-order valence-corrected chi connectivity index (χ1v) is 14.7. The van der Waals surface area contributed by atoms with Crippen LogP contribution in [0.1, 0.15) is 34.8 Å². The number of aryl methyl sites for hydroxylation is 1. The summed E-state index contributed by atoms with van der Waals surface area (Å²) in [5.41, 5.74) is 2.66. The zero-order valence-electron chi connectivity index (χ0n) is 23.0. The van der Waals surface area contributed by atoms with Crippen molar-refractivity contribution >= 4 is 51.6 Å². The van der Waals surface area contributed by atoms with Crippen molar-refractivity contribution in [3.8, 4) is 22.6 Å². The first kappa shape index (κ1) is 30.2. The molecule has 12 heteroatoms. The highest BCUT2D eigenvalue weighted by atomic mass is 35.5. The summed E-state index contributed by atoms with van der Waals surface area (Å²) in [7, 11) is 2.89. The molecule has 4 rings (SSSR count). The number of amides is 1. The molecule has 214 valence electrons. The number of carbonyl (C=O) groups is 2. The number of methoxy groups -OCH3 is 2. The molecule has 41 heavy (non-hydrogen) atoms. The Bertz CT molecular complexity index is 1550. The van der Waals surface area contributed by atoms with Gasteiger partial charge < -0.3 is 19.5 Å². The standard InChI is InChI=1S/C29H29ClN4O5S2/c1-6-13-34-26(18(3)39-21-11-12-23(30)17(2)14-21)32-33-29(34)41-16-24(35)31-27-25(28(36)38-5)22(15-40-27)19-7-9-20(37-4)10-8-19/h6-12,14-15,18H,1,13,16H2,2-5H3,(H,31,35). The third-order valence-corrected chi connectivity index (χ3v) is 8.32. The topological polar surface area (TPSA) is 105 Å². The van der Waals surface area contributed by atoms with E-state index in [4.69, 9.17) is 25.8 Å². The molecule has 1 atom stereocenters. The van der Waals surface area contributed by atoms with E-state index in [1.54, 1.807) is 37.5 Å². The maximum Gasteiger partial charge on any atom is 0.341 e. The van der Waals surface area contributed by atoms with E-state index < -0.39 is 12.1 Å². The van der Waals surface area contributed by atoms with E-state index in [2.05, 4.69) is 22.1 Å². The number of rotatable bonds is 12. The summed E-state index contributed by atoms with van der Waals surface area (Å²) in [6.07, 6.45) is 1.31. The van der Waals surface area contributed by atoms with Gasteiger partial charge in [0.2, 0.25) is 5.91 Å². The van der Waals surface area contributed by atoms with Crippen molar-refractivity contribution in [2.45, 2.75) is 31.7 Å². The Kier molecular flexibility index (Phi) is 10.1. The Morgan fingerprint density at radius 1 is 1.17 bits per heavy atom. The van der Waals surface area contributed by atoms with Crippen LogP contribution in [0, 0.1) is 6.92 Å². The van der Waals surface area contributed by atoms with Crippen LogP contribution in [0.2, 0.25) is 5.02 Å². The maximum atomic E-state index is 13.0. The van der Waals surface area contributed by atoms with Crippen LogP contribution in [0.3, 0.4) is 0 Å². The lowest BCUT2D eigenvalue weighted by atomic mass is 10.0. The number of aromatic nitrogens is 3. The van der Waals surface area contributed by atoms with Crippen LogP contribution in [-0.2, 0) is 16.1 Å². The molecule has 0 spiro atoms. The van der Waals surface area contributed by atoms with Gasteiger partial charge in [0, 0.05) is 22.5 Å². The number of hydrogen-bond acceptors (Lipinski definition) is 9. The van der Waals surface area contributed by atoms with Crippen molar-refractivity contribution < 1.29 is 23.8 Å². The highest BCUT2D eigenvalue weighted by Crippen LogP contribution is 2.37. The van der Waals surface area contributed by atoms with Crippen LogP contribution in [0.5, 0.6) is 11.5 Å². The number of esters is 1. The smallest absolute Gasteiger partial charge is 0.341 e. The third kappa shape index (κ3) is 7.10. The van der Waals surface area contributed by atoms with Crippen molar-refractivity contribution in [2.24, 2.45) is 0 Å². The Morgan fingerprint density at radius 2 is 1.90 bits per heavy atom. The molecule has 2 heterocycles. The fourth-order valence-corrected chi connectivity index (χ4v) is 5.83. The molecule has 1 amide bonds. The largest absolute Gasteiger partial charge is 0.497 e. The zero-order chi connectivity index (χ0) is 29.5. The zero-order valence-corrected chi connectivity index (χ0v) is 25.4. The monoisotopic (exact) mass is 612 g/mol. The second kappa shape index (κ2) is 13.7. The lowest BCUT2D eigenvalue weighted by molar-refractivity contribution is -0.113. The molecule has 0 aliphatic carbocycles. The first-order valence-electron chi connectivity index (χ1n) is 12.5. The normalized spacial score (nSPS) is 11.5. The molecule has 0 aliphatic heterocycles. The Labute approximate surface area is 251 Å².